The van der Waals surface area contributed by atoms with Crippen LogP contribution < -0.4 is 5.32 Å². The van der Waals surface area contributed by atoms with Gasteiger partial charge < -0.3 is 10.1 Å². The number of nitrogens with one attached hydrogen (secondary N) is 1. The van der Waals surface area contributed by atoms with E-state index in [4.69, 9.17) is 4.74 Å². The number of hydrogen-bond donors (Lipinski definition) is 1. The van der Waals surface area contributed by atoms with Crippen LogP contribution in [0.3, 0.4) is 0 Å². The first-order valence-corrected chi connectivity index (χ1v) is 6.58. The normalized spacial score (nSPS) is 42.0. The van der Waals surface area contributed by atoms with Gasteiger partial charge in [0.15, 0.2) is 0 Å². The molecule has 1 saturated heterocycles. The second-order valence-electron chi connectivity index (χ2n) is 5.51. The zero-order chi connectivity index (χ0) is 10.7. The highest BCUT2D eigenvalue weighted by Crippen LogP contribution is 2.29. The first-order valence-electron chi connectivity index (χ1n) is 6.58. The first-order chi connectivity index (χ1) is 7.27. The molecule has 4 atom stereocenters. The van der Waals surface area contributed by atoms with Gasteiger partial charge in [0.2, 0.25) is 0 Å². The Balaban J connectivity index is 1.72. The molecule has 0 spiro atoms. The summed E-state index contributed by atoms with van der Waals surface area (Å²) in [7, 11) is 0. The molecule has 2 nitrogen and oxygen atoms in total. The Hall–Kier alpha value is -0.0800. The van der Waals surface area contributed by atoms with Crippen molar-refractivity contribution in [3.8, 4) is 0 Å². The van der Waals surface area contributed by atoms with Gasteiger partial charge in [-0.25, -0.2) is 0 Å². The zero-order valence-electron chi connectivity index (χ0n) is 10.2. The highest BCUT2D eigenvalue weighted by atomic mass is 16.5. The molecule has 2 rings (SSSR count). The third kappa shape index (κ3) is 2.94. The molecular formula is C13H25NO. The smallest absolute Gasteiger partial charge is 0.0507 e. The molecular weight excluding hydrogens is 186 g/mol. The van der Waals surface area contributed by atoms with Gasteiger partial charge in [0.05, 0.1) is 6.61 Å². The van der Waals surface area contributed by atoms with Gasteiger partial charge in [0, 0.05) is 19.2 Å². The van der Waals surface area contributed by atoms with Gasteiger partial charge in [-0.05, 0) is 30.6 Å². The van der Waals surface area contributed by atoms with Crippen molar-refractivity contribution in [3.63, 3.8) is 0 Å². The van der Waals surface area contributed by atoms with Crippen LogP contribution in [0.5, 0.6) is 0 Å². The van der Waals surface area contributed by atoms with Crippen molar-refractivity contribution in [1.82, 2.24) is 5.32 Å². The van der Waals surface area contributed by atoms with Crippen LogP contribution >= 0.6 is 0 Å². The monoisotopic (exact) mass is 211 g/mol. The van der Waals surface area contributed by atoms with Crippen molar-refractivity contribution in [3.05, 3.63) is 0 Å². The zero-order valence-corrected chi connectivity index (χ0v) is 10.2. The Labute approximate surface area is 93.8 Å². The van der Waals surface area contributed by atoms with Crippen LogP contribution in [0.15, 0.2) is 0 Å². The van der Waals surface area contributed by atoms with E-state index in [1.165, 1.54) is 32.2 Å². The van der Waals surface area contributed by atoms with Crippen LogP contribution in [0.4, 0.5) is 0 Å². The van der Waals surface area contributed by atoms with Crippen molar-refractivity contribution in [2.75, 3.05) is 19.8 Å². The quantitative estimate of drug-likeness (QED) is 0.774. The maximum absolute atomic E-state index is 5.40. The highest BCUT2D eigenvalue weighted by molar-refractivity contribution is 4.83. The molecule has 2 heteroatoms. The standard InChI is InChI=1S/C13H25NO/c1-10-4-3-5-13(11(10)2)14-8-12-6-7-15-9-12/h10-14H,3-9H2,1-2H3. The highest BCUT2D eigenvalue weighted by Gasteiger charge is 2.27. The van der Waals surface area contributed by atoms with E-state index in [2.05, 4.69) is 19.2 Å². The van der Waals surface area contributed by atoms with Crippen LogP contribution in [0.2, 0.25) is 0 Å². The number of hydrogen-bond acceptors (Lipinski definition) is 2. The summed E-state index contributed by atoms with van der Waals surface area (Å²) in [4.78, 5) is 0. The molecule has 0 amide bonds. The van der Waals surface area contributed by atoms with E-state index in [-0.39, 0.29) is 0 Å². The summed E-state index contributed by atoms with van der Waals surface area (Å²) in [5.74, 6) is 2.52. The van der Waals surface area contributed by atoms with Crippen molar-refractivity contribution < 1.29 is 4.74 Å². The fraction of sp³-hybridized carbons (Fsp3) is 1.00. The minimum Gasteiger partial charge on any atom is -0.381 e. The largest absolute Gasteiger partial charge is 0.381 e. The van der Waals surface area contributed by atoms with Gasteiger partial charge in [-0.3, -0.25) is 0 Å². The number of rotatable bonds is 3. The van der Waals surface area contributed by atoms with Crippen LogP contribution in [-0.2, 0) is 4.74 Å². The Kier molecular flexibility index (Phi) is 4.04. The van der Waals surface area contributed by atoms with Gasteiger partial charge in [-0.15, -0.1) is 0 Å². The summed E-state index contributed by atoms with van der Waals surface area (Å²) >= 11 is 0. The predicted octanol–water partition coefficient (Wildman–Crippen LogP) is 2.44. The van der Waals surface area contributed by atoms with E-state index < -0.39 is 0 Å². The molecule has 0 radical (unpaired) electrons. The third-order valence-electron chi connectivity index (χ3n) is 4.40. The summed E-state index contributed by atoms with van der Waals surface area (Å²) in [5, 5.41) is 3.76. The lowest BCUT2D eigenvalue weighted by molar-refractivity contribution is 0.175. The summed E-state index contributed by atoms with van der Waals surface area (Å²) in [5.41, 5.74) is 0. The second kappa shape index (κ2) is 5.31. The second-order valence-corrected chi connectivity index (χ2v) is 5.51. The molecule has 1 aliphatic heterocycles. The van der Waals surface area contributed by atoms with Crippen molar-refractivity contribution in [1.29, 1.82) is 0 Å². The van der Waals surface area contributed by atoms with Gasteiger partial charge in [-0.1, -0.05) is 26.7 Å². The average molecular weight is 211 g/mol. The van der Waals surface area contributed by atoms with E-state index in [1.54, 1.807) is 0 Å². The molecule has 0 aromatic heterocycles. The van der Waals surface area contributed by atoms with Gasteiger partial charge in [0.25, 0.3) is 0 Å². The van der Waals surface area contributed by atoms with E-state index >= 15 is 0 Å². The molecule has 15 heavy (non-hydrogen) atoms. The molecule has 0 aromatic rings. The lowest BCUT2D eigenvalue weighted by Crippen LogP contribution is -2.42. The van der Waals surface area contributed by atoms with Crippen LogP contribution in [0.1, 0.15) is 39.5 Å². The topological polar surface area (TPSA) is 21.3 Å². The van der Waals surface area contributed by atoms with E-state index in [0.29, 0.717) is 0 Å². The van der Waals surface area contributed by atoms with E-state index in [0.717, 1.165) is 37.0 Å². The Morgan fingerprint density at radius 3 is 2.80 bits per heavy atom. The fourth-order valence-corrected chi connectivity index (χ4v) is 2.93. The van der Waals surface area contributed by atoms with Crippen LogP contribution in [0, 0.1) is 17.8 Å². The number of ether oxygens (including phenoxy) is 1. The van der Waals surface area contributed by atoms with Crippen molar-refractivity contribution >= 4 is 0 Å². The maximum atomic E-state index is 5.40. The molecule has 1 N–H and O–H groups in total. The molecule has 4 unspecified atom stereocenters. The molecule has 1 saturated carbocycles. The summed E-state index contributed by atoms with van der Waals surface area (Å²) in [6.45, 7) is 7.93. The van der Waals surface area contributed by atoms with Gasteiger partial charge in [0.1, 0.15) is 0 Å². The first kappa shape index (κ1) is 11.4. The van der Waals surface area contributed by atoms with Gasteiger partial charge >= 0.3 is 0 Å². The Morgan fingerprint density at radius 1 is 1.20 bits per heavy atom. The molecule has 0 bridgehead atoms. The predicted molar refractivity (Wildman–Crippen MR) is 62.9 cm³/mol. The Bertz CT molecular complexity index is 189. The minimum absolute atomic E-state index is 0.759. The molecule has 1 aliphatic carbocycles. The summed E-state index contributed by atoms with van der Waals surface area (Å²) in [6.07, 6.45) is 5.46. The summed E-state index contributed by atoms with van der Waals surface area (Å²) in [6, 6.07) is 0.759. The van der Waals surface area contributed by atoms with Crippen molar-refractivity contribution in [2.45, 2.75) is 45.6 Å². The van der Waals surface area contributed by atoms with Crippen LogP contribution in [0.25, 0.3) is 0 Å². The SMILES string of the molecule is CC1CCCC(NCC2CCOC2)C1C. The molecule has 2 fully saturated rings. The lowest BCUT2D eigenvalue weighted by Gasteiger charge is -2.35. The average Bonchev–Trinajstić information content (AvgIpc) is 2.73. The van der Waals surface area contributed by atoms with Gasteiger partial charge in [-0.2, -0.15) is 0 Å². The molecule has 1 heterocycles. The fourth-order valence-electron chi connectivity index (χ4n) is 2.93. The third-order valence-corrected chi connectivity index (χ3v) is 4.40. The van der Waals surface area contributed by atoms with Crippen molar-refractivity contribution in [2.24, 2.45) is 17.8 Å². The minimum atomic E-state index is 0.759. The molecule has 0 aromatic carbocycles. The van der Waals surface area contributed by atoms with E-state index in [1.807, 2.05) is 0 Å². The lowest BCUT2D eigenvalue weighted by atomic mass is 9.78. The molecule has 2 aliphatic rings. The van der Waals surface area contributed by atoms with Crippen LogP contribution in [-0.4, -0.2) is 25.8 Å². The van der Waals surface area contributed by atoms with E-state index in [9.17, 15) is 0 Å². The maximum Gasteiger partial charge on any atom is 0.0507 e. The summed E-state index contributed by atoms with van der Waals surface area (Å²) < 4.78 is 5.40. The Morgan fingerprint density at radius 2 is 2.07 bits per heavy atom. The molecule has 88 valence electrons.